The van der Waals surface area contributed by atoms with Crippen molar-refractivity contribution >= 4 is 0 Å². The third kappa shape index (κ3) is 5.72. The molecule has 0 saturated carbocycles. The van der Waals surface area contributed by atoms with Crippen LogP contribution in [0.1, 0.15) is 23.6 Å². The predicted octanol–water partition coefficient (Wildman–Crippen LogP) is 3.90. The molecule has 4 heteroatoms. The lowest BCUT2D eigenvalue weighted by Gasteiger charge is -2.07. The van der Waals surface area contributed by atoms with E-state index < -0.39 is 0 Å². The summed E-state index contributed by atoms with van der Waals surface area (Å²) in [6.07, 6.45) is 18.1. The molecule has 5 aromatic rings. The Morgan fingerprint density at radius 1 is 0.444 bits per heavy atom. The van der Waals surface area contributed by atoms with Crippen LogP contribution in [0.4, 0.5) is 0 Å². The van der Waals surface area contributed by atoms with E-state index >= 15 is 0 Å². The van der Waals surface area contributed by atoms with Gasteiger partial charge in [-0.1, -0.05) is 6.92 Å². The molecule has 0 radical (unpaired) electrons. The van der Waals surface area contributed by atoms with Gasteiger partial charge in [-0.15, -0.1) is 0 Å². The van der Waals surface area contributed by atoms with Gasteiger partial charge in [0.15, 0.2) is 62.7 Å². The maximum absolute atomic E-state index is 2.34. The van der Waals surface area contributed by atoms with Crippen LogP contribution in [0, 0.1) is 0 Å². The van der Waals surface area contributed by atoms with Gasteiger partial charge in [-0.3, -0.25) is 0 Å². The van der Waals surface area contributed by atoms with E-state index in [-0.39, 0.29) is 0 Å². The van der Waals surface area contributed by atoms with Gasteiger partial charge in [0.1, 0.15) is 14.1 Å². The summed E-state index contributed by atoms with van der Waals surface area (Å²) in [5, 5.41) is 0. The molecular formula is C32H34N4+4. The maximum Gasteiger partial charge on any atom is 0.173 e. The van der Waals surface area contributed by atoms with Crippen LogP contribution in [-0.2, 0) is 33.6 Å². The minimum atomic E-state index is 0.861. The Bertz CT molecular complexity index is 1330. The lowest BCUT2D eigenvalue weighted by Crippen LogP contribution is -2.34. The molecule has 4 heterocycles. The summed E-state index contributed by atoms with van der Waals surface area (Å²) in [6.45, 7) is 3.95. The minimum Gasteiger partial charge on any atom is -0.208 e. The van der Waals surface area contributed by atoms with Gasteiger partial charge in [0.05, 0.1) is 0 Å². The molecule has 36 heavy (non-hydrogen) atoms. The van der Waals surface area contributed by atoms with Crippen LogP contribution in [0.25, 0.3) is 22.3 Å². The van der Waals surface area contributed by atoms with Crippen molar-refractivity contribution in [1.82, 2.24) is 0 Å². The molecule has 0 saturated heterocycles. The average Bonchev–Trinajstić information content (AvgIpc) is 2.90. The first-order valence-electron chi connectivity index (χ1n) is 12.6. The Labute approximate surface area is 214 Å². The van der Waals surface area contributed by atoms with E-state index in [0.29, 0.717) is 0 Å². The molecule has 0 bridgehead atoms. The van der Waals surface area contributed by atoms with Crippen LogP contribution in [0.5, 0.6) is 0 Å². The molecule has 0 aliphatic heterocycles. The molecule has 178 valence electrons. The number of rotatable bonds is 7. The highest BCUT2D eigenvalue weighted by Gasteiger charge is 2.11. The molecule has 4 nitrogen and oxygen atoms in total. The second-order valence-electron chi connectivity index (χ2n) is 9.53. The van der Waals surface area contributed by atoms with E-state index in [1.54, 1.807) is 0 Å². The van der Waals surface area contributed by atoms with Crippen molar-refractivity contribution in [2.75, 3.05) is 0 Å². The van der Waals surface area contributed by atoms with E-state index in [9.17, 15) is 0 Å². The summed E-state index contributed by atoms with van der Waals surface area (Å²) >= 11 is 0. The van der Waals surface area contributed by atoms with E-state index in [1.165, 1.54) is 38.9 Å². The number of hydrogen-bond donors (Lipinski definition) is 0. The summed E-state index contributed by atoms with van der Waals surface area (Å²) in [5.41, 5.74) is 9.00. The van der Waals surface area contributed by atoms with Gasteiger partial charge in [-0.2, -0.15) is 0 Å². The highest BCUT2D eigenvalue weighted by molar-refractivity contribution is 5.61. The Morgan fingerprint density at radius 2 is 0.750 bits per heavy atom. The zero-order chi connectivity index (χ0) is 24.9. The zero-order valence-corrected chi connectivity index (χ0v) is 21.4. The number of hydrogen-bond acceptors (Lipinski definition) is 0. The molecule has 0 spiro atoms. The standard InChI is InChI=1S/C32H34N4/c1-4-26-21-27(24-35-17-9-31(10-18-35)29-5-13-33(2)14-6-29)23-28(22-26)25-36-19-11-32(12-20-36)30-7-15-34(3)16-8-30/h5-23H,4,24-25H2,1-3H3/q+4. The van der Waals surface area contributed by atoms with Gasteiger partial charge in [-0.25, -0.2) is 18.3 Å². The molecule has 1 aromatic carbocycles. The van der Waals surface area contributed by atoms with Crippen LogP contribution in [0.2, 0.25) is 0 Å². The second-order valence-corrected chi connectivity index (χ2v) is 9.53. The molecule has 5 rings (SSSR count). The lowest BCUT2D eigenvalue weighted by atomic mass is 10.0. The van der Waals surface area contributed by atoms with Crippen molar-refractivity contribution in [3.05, 3.63) is 133 Å². The third-order valence-corrected chi connectivity index (χ3v) is 6.66. The van der Waals surface area contributed by atoms with Gasteiger partial charge < -0.3 is 0 Å². The Balaban J connectivity index is 1.31. The topological polar surface area (TPSA) is 15.5 Å². The monoisotopic (exact) mass is 474 g/mol. The van der Waals surface area contributed by atoms with Gasteiger partial charge >= 0.3 is 0 Å². The molecule has 0 fully saturated rings. The summed E-state index contributed by atoms with van der Waals surface area (Å²) in [7, 11) is 4.08. The van der Waals surface area contributed by atoms with Crippen molar-refractivity contribution in [2.45, 2.75) is 26.4 Å². The number of pyridine rings is 4. The van der Waals surface area contributed by atoms with Crippen LogP contribution in [-0.4, -0.2) is 0 Å². The molecular weight excluding hydrogens is 440 g/mol. The second kappa shape index (κ2) is 10.6. The fourth-order valence-electron chi connectivity index (χ4n) is 4.54. The first kappa shape index (κ1) is 23.6. The van der Waals surface area contributed by atoms with Gasteiger partial charge in [0.2, 0.25) is 0 Å². The van der Waals surface area contributed by atoms with Crippen molar-refractivity contribution in [1.29, 1.82) is 0 Å². The highest BCUT2D eigenvalue weighted by Crippen LogP contribution is 2.17. The summed E-state index contributed by atoms with van der Waals surface area (Å²) < 4.78 is 8.63. The van der Waals surface area contributed by atoms with Gasteiger partial charge in [0.25, 0.3) is 0 Å². The number of nitrogens with zero attached hydrogens (tertiary/aromatic N) is 4. The minimum absolute atomic E-state index is 0.861. The molecule has 0 aliphatic rings. The van der Waals surface area contributed by atoms with Crippen molar-refractivity contribution in [3.63, 3.8) is 0 Å². The van der Waals surface area contributed by atoms with E-state index in [4.69, 9.17) is 0 Å². The number of benzene rings is 1. The smallest absolute Gasteiger partial charge is 0.173 e. The van der Waals surface area contributed by atoms with Crippen molar-refractivity contribution in [3.8, 4) is 22.3 Å². The first-order valence-corrected chi connectivity index (χ1v) is 12.6. The van der Waals surface area contributed by atoms with Gasteiger partial charge in [-0.05, 0) is 52.4 Å². The molecule has 4 aromatic heterocycles. The zero-order valence-electron chi connectivity index (χ0n) is 21.4. The fraction of sp³-hybridized carbons (Fsp3) is 0.188. The van der Waals surface area contributed by atoms with Crippen molar-refractivity contribution < 1.29 is 18.3 Å². The number of aryl methyl sites for hydroxylation is 3. The fourth-order valence-corrected chi connectivity index (χ4v) is 4.54. The Hall–Kier alpha value is -4.18. The van der Waals surface area contributed by atoms with Gasteiger partial charge in [0, 0.05) is 59.7 Å². The molecule has 0 atom stereocenters. The van der Waals surface area contributed by atoms with Crippen LogP contribution in [0.15, 0.2) is 116 Å². The largest absolute Gasteiger partial charge is 0.208 e. The summed E-state index contributed by atoms with van der Waals surface area (Å²) in [6, 6.07) is 24.4. The quantitative estimate of drug-likeness (QED) is 0.318. The molecule has 0 amide bonds. The van der Waals surface area contributed by atoms with Crippen LogP contribution >= 0.6 is 0 Å². The Kier molecular flexibility index (Phi) is 6.94. The summed E-state index contributed by atoms with van der Waals surface area (Å²) in [5.74, 6) is 0. The molecule has 0 aliphatic carbocycles. The average molecular weight is 475 g/mol. The molecule has 0 unspecified atom stereocenters. The predicted molar refractivity (Wildman–Crippen MR) is 141 cm³/mol. The summed E-state index contributed by atoms with van der Waals surface area (Å²) in [4.78, 5) is 0. The highest BCUT2D eigenvalue weighted by atomic mass is 14.9. The van der Waals surface area contributed by atoms with E-state index in [1.807, 2.05) is 14.1 Å². The van der Waals surface area contributed by atoms with E-state index in [0.717, 1.165) is 19.5 Å². The van der Waals surface area contributed by atoms with E-state index in [2.05, 4.69) is 141 Å². The number of aromatic nitrogens is 4. The SMILES string of the molecule is CCc1cc(C[n+]2ccc(-c3cc[n+](C)cc3)cc2)cc(C[n+]2ccc(-c3cc[n+](C)cc3)cc2)c1. The maximum atomic E-state index is 2.34. The Morgan fingerprint density at radius 3 is 1.08 bits per heavy atom. The lowest BCUT2D eigenvalue weighted by molar-refractivity contribution is -0.689. The third-order valence-electron chi connectivity index (χ3n) is 6.66. The van der Waals surface area contributed by atoms with Crippen molar-refractivity contribution in [2.24, 2.45) is 14.1 Å². The molecule has 0 N–H and O–H groups in total. The van der Waals surface area contributed by atoms with Crippen LogP contribution < -0.4 is 18.3 Å². The van der Waals surface area contributed by atoms with Crippen LogP contribution in [0.3, 0.4) is 0 Å². The first-order chi connectivity index (χ1) is 17.6. The normalized spacial score (nSPS) is 11.0.